The molecule has 0 aliphatic carbocycles. The third-order valence-corrected chi connectivity index (χ3v) is 4.78. The van der Waals surface area contributed by atoms with Crippen LogP contribution in [0, 0.1) is 0 Å². The van der Waals surface area contributed by atoms with Gasteiger partial charge in [0.2, 0.25) is 0 Å². The Kier molecular flexibility index (Phi) is 4.77. The van der Waals surface area contributed by atoms with Crippen LogP contribution < -0.4 is 5.32 Å². The van der Waals surface area contributed by atoms with E-state index in [-0.39, 0.29) is 6.03 Å². The largest absolute Gasteiger partial charge is 0.322 e. The van der Waals surface area contributed by atoms with E-state index in [2.05, 4.69) is 27.4 Å². The summed E-state index contributed by atoms with van der Waals surface area (Å²) in [6, 6.07) is 15.3. The predicted octanol–water partition coefficient (Wildman–Crippen LogP) is 3.34. The Morgan fingerprint density at radius 2 is 1.92 bits per heavy atom. The lowest BCUT2D eigenvalue weighted by molar-refractivity contribution is 0.142. The zero-order chi connectivity index (χ0) is 17.9. The van der Waals surface area contributed by atoms with E-state index in [1.54, 1.807) is 12.1 Å². The molecule has 0 atom stereocenters. The number of pyridine rings is 1. The molecule has 2 amide bonds. The van der Waals surface area contributed by atoms with Gasteiger partial charge in [-0.3, -0.25) is 4.90 Å². The molecule has 1 saturated heterocycles. The van der Waals surface area contributed by atoms with Crippen LogP contribution in [0.5, 0.6) is 0 Å². The highest BCUT2D eigenvalue weighted by Gasteiger charge is 2.21. The number of halogens is 1. The topological polar surface area (TPSA) is 52.9 Å². The first-order valence-corrected chi connectivity index (χ1v) is 9.02. The smallest absolute Gasteiger partial charge is 0.321 e. The van der Waals surface area contributed by atoms with Gasteiger partial charge >= 0.3 is 6.03 Å². The summed E-state index contributed by atoms with van der Waals surface area (Å²) in [5, 5.41) is 8.11. The number of anilines is 1. The summed E-state index contributed by atoms with van der Waals surface area (Å²) in [5.74, 6) is 0. The molecule has 4 rings (SSSR count). The number of aromatic nitrogens is 2. The lowest BCUT2D eigenvalue weighted by atomic mass is 10.3. The summed E-state index contributed by atoms with van der Waals surface area (Å²) in [5.41, 5.74) is 2.87. The molecule has 3 aromatic rings. The van der Waals surface area contributed by atoms with Crippen molar-refractivity contribution in [3.63, 3.8) is 0 Å². The summed E-state index contributed by atoms with van der Waals surface area (Å²) in [4.78, 5) is 16.6. The minimum absolute atomic E-state index is 0.0837. The van der Waals surface area contributed by atoms with E-state index in [0.29, 0.717) is 18.1 Å². The number of benzene rings is 1. The van der Waals surface area contributed by atoms with Crippen molar-refractivity contribution in [1.29, 1.82) is 0 Å². The Morgan fingerprint density at radius 3 is 2.69 bits per heavy atom. The number of carbonyl (C=O) groups is 1. The van der Waals surface area contributed by atoms with Gasteiger partial charge in [0, 0.05) is 49.6 Å². The maximum Gasteiger partial charge on any atom is 0.321 e. The number of fused-ring (bicyclic) bond motifs is 1. The standard InChI is InChI=1S/C19H20ClN5O/c20-15-4-3-5-16(12-15)21-19(26)24-10-8-23(9-11-24)14-17-13-18-6-1-2-7-25(18)22-17/h1-7,12-13H,8-11,14H2,(H,21,26). The Bertz CT molecular complexity index is 884. The van der Waals surface area contributed by atoms with Crippen LogP contribution in [0.3, 0.4) is 0 Å². The third kappa shape index (κ3) is 3.81. The third-order valence-electron chi connectivity index (χ3n) is 4.54. The second kappa shape index (κ2) is 7.35. The number of piperazine rings is 1. The quantitative estimate of drug-likeness (QED) is 0.770. The summed E-state index contributed by atoms with van der Waals surface area (Å²) in [6.07, 6.45) is 1.96. The van der Waals surface area contributed by atoms with E-state index < -0.39 is 0 Å². The van der Waals surface area contributed by atoms with Crippen molar-refractivity contribution in [2.45, 2.75) is 6.54 Å². The summed E-state index contributed by atoms with van der Waals surface area (Å²) < 4.78 is 1.89. The van der Waals surface area contributed by atoms with Gasteiger partial charge in [-0.2, -0.15) is 5.10 Å². The molecule has 26 heavy (non-hydrogen) atoms. The highest BCUT2D eigenvalue weighted by atomic mass is 35.5. The highest BCUT2D eigenvalue weighted by molar-refractivity contribution is 6.30. The van der Waals surface area contributed by atoms with E-state index in [1.165, 1.54) is 0 Å². The van der Waals surface area contributed by atoms with Gasteiger partial charge in [0.1, 0.15) is 0 Å². The highest BCUT2D eigenvalue weighted by Crippen LogP contribution is 2.16. The molecule has 7 heteroatoms. The van der Waals surface area contributed by atoms with Crippen LogP contribution >= 0.6 is 11.6 Å². The van der Waals surface area contributed by atoms with E-state index in [4.69, 9.17) is 11.6 Å². The summed E-state index contributed by atoms with van der Waals surface area (Å²) >= 11 is 5.96. The van der Waals surface area contributed by atoms with E-state index >= 15 is 0 Å². The van der Waals surface area contributed by atoms with E-state index in [0.717, 1.165) is 36.5 Å². The molecule has 1 fully saturated rings. The lowest BCUT2D eigenvalue weighted by Gasteiger charge is -2.34. The maximum atomic E-state index is 12.4. The van der Waals surface area contributed by atoms with Crippen LogP contribution in [-0.4, -0.2) is 51.6 Å². The SMILES string of the molecule is O=C(Nc1cccc(Cl)c1)N1CCN(Cc2cc3ccccn3n2)CC1. The number of hydrogen-bond acceptors (Lipinski definition) is 3. The zero-order valence-electron chi connectivity index (χ0n) is 14.3. The first kappa shape index (κ1) is 16.9. The molecule has 1 aliphatic rings. The van der Waals surface area contributed by atoms with Crippen molar-refractivity contribution >= 4 is 28.8 Å². The molecule has 134 valence electrons. The molecular weight excluding hydrogens is 350 g/mol. The summed E-state index contributed by atoms with van der Waals surface area (Å²) in [7, 11) is 0. The molecule has 3 heterocycles. The van der Waals surface area contributed by atoms with Crippen molar-refractivity contribution in [3.8, 4) is 0 Å². The molecule has 0 saturated carbocycles. The molecule has 2 aromatic heterocycles. The van der Waals surface area contributed by atoms with Gasteiger partial charge in [0.15, 0.2) is 0 Å². The molecule has 1 aromatic carbocycles. The van der Waals surface area contributed by atoms with Crippen LogP contribution in [0.25, 0.3) is 5.52 Å². The van der Waals surface area contributed by atoms with Gasteiger partial charge in [-0.05, 0) is 36.4 Å². The fourth-order valence-corrected chi connectivity index (χ4v) is 3.37. The number of hydrogen-bond donors (Lipinski definition) is 1. The molecule has 1 N–H and O–H groups in total. The average Bonchev–Trinajstić information content (AvgIpc) is 3.04. The number of rotatable bonds is 3. The Labute approximate surface area is 157 Å². The molecule has 1 aliphatic heterocycles. The lowest BCUT2D eigenvalue weighted by Crippen LogP contribution is -2.49. The number of nitrogens with one attached hydrogen (secondary N) is 1. The molecule has 0 bridgehead atoms. The predicted molar refractivity (Wildman–Crippen MR) is 103 cm³/mol. The number of nitrogens with zero attached hydrogens (tertiary/aromatic N) is 4. The van der Waals surface area contributed by atoms with Crippen molar-refractivity contribution in [1.82, 2.24) is 19.4 Å². The number of carbonyl (C=O) groups excluding carboxylic acids is 1. The van der Waals surface area contributed by atoms with Crippen molar-refractivity contribution < 1.29 is 4.79 Å². The maximum absolute atomic E-state index is 12.4. The normalized spacial score (nSPS) is 15.3. The van der Waals surface area contributed by atoms with Crippen LogP contribution in [0.15, 0.2) is 54.7 Å². The number of amides is 2. The molecule has 0 unspecified atom stereocenters. The fraction of sp³-hybridized carbons (Fsp3) is 0.263. The second-order valence-corrected chi connectivity index (χ2v) is 6.85. The molecule has 6 nitrogen and oxygen atoms in total. The van der Waals surface area contributed by atoms with Crippen molar-refractivity contribution in [3.05, 3.63) is 65.4 Å². The van der Waals surface area contributed by atoms with Gasteiger partial charge in [0.25, 0.3) is 0 Å². The van der Waals surface area contributed by atoms with Gasteiger partial charge in [-0.15, -0.1) is 0 Å². The van der Waals surface area contributed by atoms with Crippen molar-refractivity contribution in [2.75, 3.05) is 31.5 Å². The second-order valence-electron chi connectivity index (χ2n) is 6.41. The van der Waals surface area contributed by atoms with Crippen LogP contribution in [0.1, 0.15) is 5.69 Å². The van der Waals surface area contributed by atoms with Crippen molar-refractivity contribution in [2.24, 2.45) is 0 Å². The van der Waals surface area contributed by atoms with Gasteiger partial charge < -0.3 is 10.2 Å². The van der Waals surface area contributed by atoms with E-state index in [9.17, 15) is 4.79 Å². The average molecular weight is 370 g/mol. The Morgan fingerprint density at radius 1 is 1.08 bits per heavy atom. The zero-order valence-corrected chi connectivity index (χ0v) is 15.1. The van der Waals surface area contributed by atoms with Gasteiger partial charge in [-0.25, -0.2) is 9.31 Å². The molecular formula is C19H20ClN5O. The van der Waals surface area contributed by atoms with Gasteiger partial charge in [-0.1, -0.05) is 23.7 Å². The Hall–Kier alpha value is -2.57. The minimum atomic E-state index is -0.0837. The van der Waals surface area contributed by atoms with Crippen LogP contribution in [-0.2, 0) is 6.54 Å². The van der Waals surface area contributed by atoms with Crippen LogP contribution in [0.4, 0.5) is 10.5 Å². The van der Waals surface area contributed by atoms with Crippen LogP contribution in [0.2, 0.25) is 5.02 Å². The monoisotopic (exact) mass is 369 g/mol. The number of urea groups is 1. The first-order valence-electron chi connectivity index (χ1n) is 8.64. The first-order chi connectivity index (χ1) is 12.7. The summed E-state index contributed by atoms with van der Waals surface area (Å²) in [6.45, 7) is 3.85. The molecule has 0 spiro atoms. The fourth-order valence-electron chi connectivity index (χ4n) is 3.18. The van der Waals surface area contributed by atoms with Gasteiger partial charge in [0.05, 0.1) is 11.2 Å². The van der Waals surface area contributed by atoms with E-state index in [1.807, 2.05) is 39.9 Å². The Balaban J connectivity index is 1.31. The minimum Gasteiger partial charge on any atom is -0.322 e. The molecule has 0 radical (unpaired) electrons.